The highest BCUT2D eigenvalue weighted by molar-refractivity contribution is 6.18. The Hall–Kier alpha value is -5.40. The smallest absolute Gasteiger partial charge is 0.0623 e. The van der Waals surface area contributed by atoms with Gasteiger partial charge in [0.05, 0.1) is 11.2 Å². The van der Waals surface area contributed by atoms with Gasteiger partial charge in [0.25, 0.3) is 0 Å². The predicted octanol–water partition coefficient (Wildman–Crippen LogP) is 12.2. The molecule has 0 bridgehead atoms. The lowest BCUT2D eigenvalue weighted by Crippen LogP contribution is -2.23. The molecule has 10 rings (SSSR count). The first-order valence-corrected chi connectivity index (χ1v) is 16.9. The van der Waals surface area contributed by atoms with Gasteiger partial charge in [0, 0.05) is 27.6 Å². The van der Waals surface area contributed by atoms with E-state index in [9.17, 15) is 0 Å². The zero-order valence-corrected chi connectivity index (χ0v) is 27.0. The zero-order valence-electron chi connectivity index (χ0n) is 27.0. The normalized spacial score (nSPS) is 15.9. The molecule has 2 aliphatic carbocycles. The Bertz CT molecular complexity index is 2580. The van der Waals surface area contributed by atoms with Crippen LogP contribution in [0.1, 0.15) is 48.9 Å². The molecule has 0 aliphatic heterocycles. The van der Waals surface area contributed by atoms with E-state index in [4.69, 9.17) is 0 Å². The summed E-state index contributed by atoms with van der Waals surface area (Å²) in [4.78, 5) is 0. The Morgan fingerprint density at radius 1 is 0.596 bits per heavy atom. The summed E-state index contributed by atoms with van der Waals surface area (Å²) in [7, 11) is 0. The highest BCUT2D eigenvalue weighted by Crippen LogP contribution is 2.55. The van der Waals surface area contributed by atoms with E-state index < -0.39 is 0 Å². The summed E-state index contributed by atoms with van der Waals surface area (Å²) in [6, 6.07) is 52.4. The van der Waals surface area contributed by atoms with Gasteiger partial charge >= 0.3 is 0 Å². The Morgan fingerprint density at radius 3 is 2.19 bits per heavy atom. The molecule has 47 heavy (non-hydrogen) atoms. The van der Waals surface area contributed by atoms with Crippen molar-refractivity contribution in [2.24, 2.45) is 0 Å². The molecule has 2 aliphatic rings. The number of aromatic nitrogens is 1. The van der Waals surface area contributed by atoms with Crippen molar-refractivity contribution < 1.29 is 0 Å². The van der Waals surface area contributed by atoms with Gasteiger partial charge in [-0.25, -0.2) is 0 Å². The lowest BCUT2D eigenvalue weighted by Gasteiger charge is -2.35. The third kappa shape index (κ3) is 3.66. The number of fused-ring (bicyclic) bond motifs is 9. The zero-order chi connectivity index (χ0) is 31.4. The van der Waals surface area contributed by atoms with Crippen molar-refractivity contribution in [1.82, 2.24) is 4.57 Å². The monoisotopic (exact) mass is 601 g/mol. The van der Waals surface area contributed by atoms with Crippen LogP contribution in [0.15, 0.2) is 140 Å². The lowest BCUT2D eigenvalue weighted by molar-refractivity contribution is 0.645. The fourth-order valence-electron chi connectivity index (χ4n) is 8.98. The van der Waals surface area contributed by atoms with E-state index >= 15 is 0 Å². The van der Waals surface area contributed by atoms with Gasteiger partial charge < -0.3 is 4.57 Å². The van der Waals surface area contributed by atoms with Gasteiger partial charge in [-0.15, -0.1) is 0 Å². The van der Waals surface area contributed by atoms with Crippen molar-refractivity contribution in [3.05, 3.63) is 162 Å². The molecule has 0 saturated heterocycles. The van der Waals surface area contributed by atoms with Crippen molar-refractivity contribution >= 4 is 32.4 Å². The minimum atomic E-state index is -0.0902. The fourth-order valence-corrected chi connectivity index (χ4v) is 8.98. The van der Waals surface area contributed by atoms with Crippen LogP contribution < -0.4 is 0 Å². The van der Waals surface area contributed by atoms with Gasteiger partial charge in [-0.3, -0.25) is 0 Å². The molecule has 0 fully saturated rings. The van der Waals surface area contributed by atoms with Crippen molar-refractivity contribution in [2.75, 3.05) is 0 Å². The van der Waals surface area contributed by atoms with E-state index in [-0.39, 0.29) is 5.41 Å². The molecule has 0 N–H and O–H groups in total. The second-order valence-corrected chi connectivity index (χ2v) is 14.2. The predicted molar refractivity (Wildman–Crippen MR) is 199 cm³/mol. The summed E-state index contributed by atoms with van der Waals surface area (Å²) < 4.78 is 2.63. The van der Waals surface area contributed by atoms with Crippen molar-refractivity contribution in [2.45, 2.75) is 38.5 Å². The molecule has 7 aromatic carbocycles. The molecule has 1 unspecified atom stereocenters. The first-order chi connectivity index (χ1) is 23.0. The second-order valence-electron chi connectivity index (χ2n) is 14.2. The molecule has 1 aromatic heterocycles. The van der Waals surface area contributed by atoms with Crippen molar-refractivity contribution in [3.8, 4) is 39.2 Å². The summed E-state index contributed by atoms with van der Waals surface area (Å²) in [5.74, 6) is 0.403. The summed E-state index contributed by atoms with van der Waals surface area (Å²) >= 11 is 0. The Kier molecular flexibility index (Phi) is 5.45. The molecule has 224 valence electrons. The van der Waals surface area contributed by atoms with E-state index in [0.717, 1.165) is 6.42 Å². The third-order valence-electron chi connectivity index (χ3n) is 11.2. The first kappa shape index (κ1) is 26.8. The number of rotatable bonds is 2. The first-order valence-electron chi connectivity index (χ1n) is 16.9. The summed E-state index contributed by atoms with van der Waals surface area (Å²) in [5.41, 5.74) is 16.1. The van der Waals surface area contributed by atoms with Gasteiger partial charge in [-0.2, -0.15) is 0 Å². The molecule has 8 aromatic rings. The molecule has 0 saturated carbocycles. The van der Waals surface area contributed by atoms with Gasteiger partial charge in [0.1, 0.15) is 0 Å². The molecule has 1 heterocycles. The van der Waals surface area contributed by atoms with Crippen LogP contribution in [0.25, 0.3) is 71.6 Å². The number of hydrogen-bond acceptors (Lipinski definition) is 0. The Morgan fingerprint density at radius 2 is 1.32 bits per heavy atom. The van der Waals surface area contributed by atoms with E-state index in [1.165, 1.54) is 93.9 Å². The van der Waals surface area contributed by atoms with Gasteiger partial charge in [0.2, 0.25) is 0 Å². The largest absolute Gasteiger partial charge is 0.308 e. The maximum atomic E-state index is 2.63. The van der Waals surface area contributed by atoms with Crippen LogP contribution in [0.2, 0.25) is 0 Å². The fraction of sp³-hybridized carbons (Fsp3) is 0.130. The van der Waals surface area contributed by atoms with Crippen LogP contribution in [-0.2, 0) is 11.8 Å². The molecule has 1 heteroatoms. The molecule has 0 radical (unpaired) electrons. The van der Waals surface area contributed by atoms with E-state index in [1.54, 1.807) is 0 Å². The van der Waals surface area contributed by atoms with Gasteiger partial charge in [-0.05, 0) is 97.1 Å². The maximum absolute atomic E-state index is 2.63. The average Bonchev–Trinajstić information content (AvgIpc) is 3.45. The Labute approximate surface area is 275 Å². The van der Waals surface area contributed by atoms with E-state index in [1.807, 2.05) is 0 Å². The highest BCUT2D eigenvalue weighted by atomic mass is 15.0. The van der Waals surface area contributed by atoms with Crippen LogP contribution in [0.4, 0.5) is 0 Å². The van der Waals surface area contributed by atoms with Crippen LogP contribution in [0, 0.1) is 0 Å². The second kappa shape index (κ2) is 9.56. The van der Waals surface area contributed by atoms with Crippen molar-refractivity contribution in [3.63, 3.8) is 0 Å². The Balaban J connectivity index is 1.36. The van der Waals surface area contributed by atoms with E-state index in [2.05, 4.69) is 165 Å². The standard InChI is InChI=1S/C46H35N/c1-28-24-33-14-7-8-16-36(33)44-41(28)38-27-34-15-11-19-40-42(34)43(37-17-9-10-18-39(37)46(40,2)3)45(38)47(44)35-23-22-31-25-30(20-21-32(31)26-35)29-12-5-4-6-13-29/h4-23,25-28H,24H2,1-3H3. The summed E-state index contributed by atoms with van der Waals surface area (Å²) in [5, 5.41) is 6.64. The van der Waals surface area contributed by atoms with E-state index in [0.29, 0.717) is 5.92 Å². The minimum absolute atomic E-state index is 0.0902. The maximum Gasteiger partial charge on any atom is 0.0623 e. The number of hydrogen-bond donors (Lipinski definition) is 0. The molecule has 0 spiro atoms. The molecular weight excluding hydrogens is 567 g/mol. The SMILES string of the molecule is CC1Cc2ccccc2-c2c1c1cc3cccc4c3c(c1n2-c1ccc2cc(-c3ccccc3)ccc2c1)-c1ccccc1C4(C)C. The van der Waals surface area contributed by atoms with Crippen LogP contribution in [0.3, 0.4) is 0 Å². The van der Waals surface area contributed by atoms with Crippen LogP contribution in [-0.4, -0.2) is 4.57 Å². The summed E-state index contributed by atoms with van der Waals surface area (Å²) in [6.07, 6.45) is 1.05. The van der Waals surface area contributed by atoms with Crippen LogP contribution >= 0.6 is 0 Å². The topological polar surface area (TPSA) is 4.93 Å². The number of benzene rings is 7. The quantitative estimate of drug-likeness (QED) is 0.186. The lowest BCUT2D eigenvalue weighted by atomic mass is 9.68. The molecule has 0 amide bonds. The van der Waals surface area contributed by atoms with Crippen LogP contribution in [0.5, 0.6) is 0 Å². The third-order valence-corrected chi connectivity index (χ3v) is 11.2. The average molecular weight is 602 g/mol. The molecule has 1 nitrogen and oxygen atoms in total. The van der Waals surface area contributed by atoms with Crippen molar-refractivity contribution in [1.29, 1.82) is 0 Å². The molecular formula is C46H35N. The number of nitrogens with zero attached hydrogens (tertiary/aromatic N) is 1. The highest BCUT2D eigenvalue weighted by Gasteiger charge is 2.37. The summed E-state index contributed by atoms with van der Waals surface area (Å²) in [6.45, 7) is 7.21. The molecule has 1 atom stereocenters. The minimum Gasteiger partial charge on any atom is -0.308 e. The van der Waals surface area contributed by atoms with Gasteiger partial charge in [-0.1, -0.05) is 136 Å². The van der Waals surface area contributed by atoms with Gasteiger partial charge in [0.15, 0.2) is 0 Å².